The van der Waals surface area contributed by atoms with Crippen LogP contribution in [0.5, 0.6) is 17.2 Å². The zero-order valence-electron chi connectivity index (χ0n) is 40.4. The van der Waals surface area contributed by atoms with Gasteiger partial charge in [0.1, 0.15) is 17.2 Å². The lowest BCUT2D eigenvalue weighted by molar-refractivity contribution is 0.412. The Morgan fingerprint density at radius 3 is 1.15 bits per heavy atom. The number of hydrogen-bond donors (Lipinski definition) is 2. The fraction of sp³-hybridized carbons (Fsp3) is 0.429. The van der Waals surface area contributed by atoms with E-state index in [4.69, 9.17) is 14.7 Å². The molecule has 5 rings (SSSR count). The summed E-state index contributed by atoms with van der Waals surface area (Å²) in [6.45, 7) is 37.0. The van der Waals surface area contributed by atoms with Gasteiger partial charge in [0.2, 0.25) is 0 Å². The topological polar surface area (TPSA) is 74.4 Å². The second kappa shape index (κ2) is 18.1. The van der Waals surface area contributed by atoms with Crippen LogP contribution in [0.25, 0.3) is 22.3 Å². The number of phenolic OH excluding ortho intramolecular Hbond substituents is 2. The minimum Gasteiger partial charge on any atom is -0.507 e. The van der Waals surface area contributed by atoms with Gasteiger partial charge in [-0.3, -0.25) is 9.98 Å². The van der Waals surface area contributed by atoms with Crippen LogP contribution in [0, 0.1) is 20.8 Å². The number of benzene rings is 5. The average Bonchev–Trinajstić information content (AvgIpc) is 3.17. The van der Waals surface area contributed by atoms with E-state index in [0.717, 1.165) is 55.9 Å². The van der Waals surface area contributed by atoms with E-state index in [1.54, 1.807) is 7.11 Å². The molecular weight excluding hydrogens is 749 g/mol. The van der Waals surface area contributed by atoms with Crippen molar-refractivity contribution < 1.29 is 14.9 Å². The van der Waals surface area contributed by atoms with Crippen LogP contribution >= 0.6 is 0 Å². The Morgan fingerprint density at radius 1 is 0.508 bits per heavy atom. The number of hydrogen-bond acceptors (Lipinski definition) is 5. The molecule has 324 valence electrons. The molecule has 5 nitrogen and oxygen atoms in total. The van der Waals surface area contributed by atoms with Crippen LogP contribution in [0.15, 0.2) is 70.6 Å². The van der Waals surface area contributed by atoms with Crippen molar-refractivity contribution in [2.45, 2.75) is 152 Å². The predicted molar refractivity (Wildman–Crippen MR) is 263 cm³/mol. The van der Waals surface area contributed by atoms with Gasteiger partial charge in [-0.25, -0.2) is 0 Å². The highest BCUT2D eigenvalue weighted by Gasteiger charge is 2.28. The summed E-state index contributed by atoms with van der Waals surface area (Å²) in [6.07, 6.45) is 3.67. The Balaban J connectivity index is 1.79. The molecule has 5 aromatic rings. The smallest absolute Gasteiger partial charge is 0.132 e. The number of rotatable bonds is 11. The second-order valence-electron chi connectivity index (χ2n) is 20.3. The van der Waals surface area contributed by atoms with Crippen LogP contribution in [-0.4, -0.2) is 29.8 Å². The first-order chi connectivity index (χ1) is 28.4. The molecule has 0 amide bonds. The summed E-state index contributed by atoms with van der Waals surface area (Å²) in [4.78, 5) is 10.3. The van der Waals surface area contributed by atoms with E-state index >= 15 is 0 Å². The third kappa shape index (κ3) is 9.52. The molecule has 0 aliphatic heterocycles. The van der Waals surface area contributed by atoms with Crippen LogP contribution in [0.3, 0.4) is 0 Å². The highest BCUT2D eigenvalue weighted by molar-refractivity contribution is 5.97. The van der Waals surface area contributed by atoms with E-state index in [0.29, 0.717) is 46.1 Å². The maximum Gasteiger partial charge on any atom is 0.132 e. The van der Waals surface area contributed by atoms with Crippen molar-refractivity contribution in [1.82, 2.24) is 0 Å². The lowest BCUT2D eigenvalue weighted by Gasteiger charge is -2.27. The SMILES string of the molecule is COc1c(C)c(-c2cc(C(C)(C)C)cc(C=Nc3c(C(C)C)cccc3C(C)C)c2O)c(C)c(C)c1-c1cc(C(C)(C)C)cc(C=Nc2c(C(C)C)cccc2C(C)C)c1O. The van der Waals surface area contributed by atoms with Gasteiger partial charge in [0.25, 0.3) is 0 Å². The Hall–Kier alpha value is -5.16. The van der Waals surface area contributed by atoms with E-state index in [2.05, 4.69) is 178 Å². The van der Waals surface area contributed by atoms with Crippen LogP contribution in [0.2, 0.25) is 0 Å². The summed E-state index contributed by atoms with van der Waals surface area (Å²) in [7, 11) is 1.69. The molecule has 0 saturated heterocycles. The highest BCUT2D eigenvalue weighted by atomic mass is 16.5. The zero-order valence-corrected chi connectivity index (χ0v) is 40.4. The Morgan fingerprint density at radius 2 is 0.836 bits per heavy atom. The lowest BCUT2D eigenvalue weighted by atomic mass is 9.79. The number of phenols is 2. The lowest BCUT2D eigenvalue weighted by Crippen LogP contribution is -2.13. The summed E-state index contributed by atoms with van der Waals surface area (Å²) >= 11 is 0. The molecule has 5 heteroatoms. The van der Waals surface area contributed by atoms with Gasteiger partial charge in [-0.2, -0.15) is 0 Å². The summed E-state index contributed by atoms with van der Waals surface area (Å²) in [6, 6.07) is 21.2. The largest absolute Gasteiger partial charge is 0.507 e. The minimum absolute atomic E-state index is 0.149. The van der Waals surface area contributed by atoms with Gasteiger partial charge in [0, 0.05) is 40.2 Å². The molecule has 0 aliphatic rings. The molecule has 0 spiro atoms. The molecule has 0 aromatic heterocycles. The monoisotopic (exact) mass is 821 g/mol. The van der Waals surface area contributed by atoms with Crippen LogP contribution < -0.4 is 4.74 Å². The van der Waals surface area contributed by atoms with Crippen LogP contribution in [0.1, 0.15) is 182 Å². The second-order valence-corrected chi connectivity index (χ2v) is 20.3. The molecule has 61 heavy (non-hydrogen) atoms. The van der Waals surface area contributed by atoms with Gasteiger partial charge in [-0.05, 0) is 135 Å². The first kappa shape index (κ1) is 46.9. The van der Waals surface area contributed by atoms with Gasteiger partial charge in [0.05, 0.1) is 18.5 Å². The van der Waals surface area contributed by atoms with Crippen LogP contribution in [-0.2, 0) is 10.8 Å². The van der Waals surface area contributed by atoms with E-state index in [9.17, 15) is 10.2 Å². The fourth-order valence-corrected chi connectivity index (χ4v) is 8.46. The van der Waals surface area contributed by atoms with Crippen molar-refractivity contribution in [3.05, 3.63) is 122 Å². The Labute approximate surface area is 368 Å². The summed E-state index contributed by atoms with van der Waals surface area (Å²) in [5, 5.41) is 24.7. The van der Waals surface area contributed by atoms with Crippen LogP contribution in [0.4, 0.5) is 11.4 Å². The number of aliphatic imine (C=N–C) groups is 2. The van der Waals surface area contributed by atoms with Gasteiger partial charge >= 0.3 is 0 Å². The zero-order chi connectivity index (χ0) is 45.5. The Kier molecular flexibility index (Phi) is 13.9. The first-order valence-electron chi connectivity index (χ1n) is 22.2. The van der Waals surface area contributed by atoms with Crippen molar-refractivity contribution in [3.63, 3.8) is 0 Å². The fourth-order valence-electron chi connectivity index (χ4n) is 8.46. The van der Waals surface area contributed by atoms with Crippen molar-refractivity contribution in [2.75, 3.05) is 7.11 Å². The maximum absolute atomic E-state index is 12.3. The molecule has 0 saturated carbocycles. The number of aromatic hydroxyl groups is 2. The van der Waals surface area contributed by atoms with E-state index in [-0.39, 0.29) is 22.3 Å². The number of para-hydroxylation sites is 2. The Bertz CT molecular complexity index is 2430. The molecule has 0 fully saturated rings. The van der Waals surface area contributed by atoms with Crippen molar-refractivity contribution in [3.8, 4) is 39.5 Å². The molecular formula is C56H72N2O3. The molecule has 0 bridgehead atoms. The molecule has 5 aromatic carbocycles. The van der Waals surface area contributed by atoms with Crippen molar-refractivity contribution >= 4 is 23.8 Å². The maximum atomic E-state index is 12.3. The van der Waals surface area contributed by atoms with E-state index < -0.39 is 0 Å². The molecule has 0 aliphatic carbocycles. The standard InChI is InChI=1S/C56H72N2O3/c1-31(2)42-21-19-22-43(32(3)4)50(42)57-29-38-25-40(55(12,13)14)27-46(52(38)59)48-35(9)36(10)49(54(61-18)37(48)11)47-28-41(56(15,16)17)26-39(53(47)60)30-58-51-44(33(5)6)23-20-24-45(51)34(7)8/h19-34,59-60H,1-18H3. The van der Waals surface area contributed by atoms with Gasteiger partial charge in [-0.1, -0.05) is 133 Å². The summed E-state index contributed by atoms with van der Waals surface area (Å²) in [5.41, 5.74) is 15.7. The first-order valence-corrected chi connectivity index (χ1v) is 22.2. The number of methoxy groups -OCH3 is 1. The van der Waals surface area contributed by atoms with Gasteiger partial charge in [-0.15, -0.1) is 0 Å². The summed E-state index contributed by atoms with van der Waals surface area (Å²) < 4.78 is 6.35. The minimum atomic E-state index is -0.224. The molecule has 0 unspecified atom stereocenters. The molecule has 2 N–H and O–H groups in total. The van der Waals surface area contributed by atoms with E-state index in [1.165, 1.54) is 22.3 Å². The predicted octanol–water partition coefficient (Wildman–Crippen LogP) is 16.0. The molecule has 0 heterocycles. The van der Waals surface area contributed by atoms with Crippen molar-refractivity contribution in [2.24, 2.45) is 9.98 Å². The quantitative estimate of drug-likeness (QED) is 0.130. The van der Waals surface area contributed by atoms with E-state index in [1.807, 2.05) is 12.4 Å². The van der Waals surface area contributed by atoms with Gasteiger partial charge < -0.3 is 14.9 Å². The number of nitrogens with zero attached hydrogens (tertiary/aromatic N) is 2. The summed E-state index contributed by atoms with van der Waals surface area (Å²) in [5.74, 6) is 2.14. The van der Waals surface area contributed by atoms with Gasteiger partial charge in [0.15, 0.2) is 0 Å². The number of ether oxygens (including phenoxy) is 1. The normalized spacial score (nSPS) is 12.7. The molecule has 0 atom stereocenters. The average molecular weight is 821 g/mol. The highest BCUT2D eigenvalue weighted by Crippen LogP contribution is 2.50. The third-order valence-electron chi connectivity index (χ3n) is 12.4. The van der Waals surface area contributed by atoms with Crippen molar-refractivity contribution in [1.29, 1.82) is 0 Å². The molecule has 0 radical (unpaired) electrons. The third-order valence-corrected chi connectivity index (χ3v) is 12.4.